The number of amides is 1. The van der Waals surface area contributed by atoms with Gasteiger partial charge in [0.2, 0.25) is 0 Å². The molecule has 1 aliphatic rings. The van der Waals surface area contributed by atoms with Crippen molar-refractivity contribution in [1.29, 1.82) is 0 Å². The summed E-state index contributed by atoms with van der Waals surface area (Å²) in [6, 6.07) is 7.47. The van der Waals surface area contributed by atoms with E-state index in [1.54, 1.807) is 23.0 Å². The summed E-state index contributed by atoms with van der Waals surface area (Å²) < 4.78 is 7.35. The number of nitrogens with zero attached hydrogens (tertiary/aromatic N) is 2. The molecule has 1 aromatic heterocycles. The maximum absolute atomic E-state index is 12.2. The Hall–Kier alpha value is -2.01. The molecule has 1 saturated carbocycles. The van der Waals surface area contributed by atoms with Crippen molar-refractivity contribution in [1.82, 2.24) is 15.1 Å². The first kappa shape index (κ1) is 16.8. The molecule has 3 rings (SSSR count). The molecule has 0 unspecified atom stereocenters. The van der Waals surface area contributed by atoms with Crippen molar-refractivity contribution in [2.75, 3.05) is 0 Å². The molecular weight excluding hydrogens is 326 g/mol. The van der Waals surface area contributed by atoms with Gasteiger partial charge in [-0.2, -0.15) is 5.10 Å². The van der Waals surface area contributed by atoms with Crippen LogP contribution in [0, 0.1) is 6.92 Å². The van der Waals surface area contributed by atoms with E-state index in [4.69, 9.17) is 16.3 Å². The Labute approximate surface area is 147 Å². The minimum Gasteiger partial charge on any atom is -0.471 e. The van der Waals surface area contributed by atoms with Crippen molar-refractivity contribution in [3.8, 4) is 5.75 Å². The fraction of sp³-hybridized carbons (Fsp3) is 0.444. The molecule has 1 N–H and O–H groups in total. The van der Waals surface area contributed by atoms with Gasteiger partial charge in [-0.3, -0.25) is 4.79 Å². The summed E-state index contributed by atoms with van der Waals surface area (Å²) in [6.07, 6.45) is 7.52. The molecule has 1 aromatic carbocycles. The lowest BCUT2D eigenvalue weighted by Crippen LogP contribution is -2.36. The third-order valence-electron chi connectivity index (χ3n) is 4.30. The van der Waals surface area contributed by atoms with Crippen molar-refractivity contribution in [2.24, 2.45) is 0 Å². The summed E-state index contributed by atoms with van der Waals surface area (Å²) in [5.74, 6) is 0.645. The number of ether oxygens (including phenoxy) is 1. The van der Waals surface area contributed by atoms with E-state index in [0.717, 1.165) is 24.2 Å². The number of nitrogens with one attached hydrogen (secondary N) is 1. The summed E-state index contributed by atoms with van der Waals surface area (Å²) >= 11 is 5.93. The van der Waals surface area contributed by atoms with Crippen LogP contribution in [-0.4, -0.2) is 21.7 Å². The van der Waals surface area contributed by atoms with Gasteiger partial charge < -0.3 is 10.1 Å². The van der Waals surface area contributed by atoms with Gasteiger partial charge in [-0.1, -0.05) is 30.9 Å². The minimum absolute atomic E-state index is 0.108. The monoisotopic (exact) mass is 347 g/mol. The van der Waals surface area contributed by atoms with Crippen molar-refractivity contribution in [2.45, 2.75) is 51.8 Å². The molecule has 2 aromatic rings. The van der Waals surface area contributed by atoms with Crippen LogP contribution in [0.15, 0.2) is 30.5 Å². The third kappa shape index (κ3) is 4.29. The van der Waals surface area contributed by atoms with Crippen molar-refractivity contribution < 1.29 is 9.53 Å². The molecular formula is C18H22ClN3O2. The molecule has 1 heterocycles. The second-order valence-corrected chi connectivity index (χ2v) is 6.67. The van der Waals surface area contributed by atoms with Crippen LogP contribution < -0.4 is 10.1 Å². The zero-order chi connectivity index (χ0) is 16.9. The Morgan fingerprint density at radius 1 is 1.33 bits per heavy atom. The maximum atomic E-state index is 12.2. The van der Waals surface area contributed by atoms with Crippen LogP contribution >= 0.6 is 11.6 Å². The lowest BCUT2D eigenvalue weighted by molar-refractivity contribution is 0.0920. The zero-order valence-corrected chi connectivity index (χ0v) is 14.6. The predicted octanol–water partition coefficient (Wildman–Crippen LogP) is 3.94. The lowest BCUT2D eigenvalue weighted by atomic mass is 9.95. The van der Waals surface area contributed by atoms with Crippen LogP contribution in [0.25, 0.3) is 0 Å². The van der Waals surface area contributed by atoms with Crippen molar-refractivity contribution in [3.05, 3.63) is 46.7 Å². The number of benzene rings is 1. The second kappa shape index (κ2) is 7.71. The molecule has 128 valence electrons. The normalized spacial score (nSPS) is 15.2. The Kier molecular flexibility index (Phi) is 5.41. The molecule has 24 heavy (non-hydrogen) atoms. The first-order valence-corrected chi connectivity index (χ1v) is 8.73. The molecule has 0 aliphatic heterocycles. The van der Waals surface area contributed by atoms with Crippen LogP contribution in [-0.2, 0) is 6.73 Å². The van der Waals surface area contributed by atoms with E-state index in [2.05, 4.69) is 10.4 Å². The number of carbonyl (C=O) groups excluding carboxylic acids is 1. The predicted molar refractivity (Wildman–Crippen MR) is 93.4 cm³/mol. The fourth-order valence-electron chi connectivity index (χ4n) is 2.97. The molecule has 0 saturated heterocycles. The Balaban J connectivity index is 1.55. The van der Waals surface area contributed by atoms with Crippen LogP contribution in [0.3, 0.4) is 0 Å². The van der Waals surface area contributed by atoms with E-state index >= 15 is 0 Å². The molecule has 6 heteroatoms. The van der Waals surface area contributed by atoms with Crippen LogP contribution in [0.4, 0.5) is 0 Å². The van der Waals surface area contributed by atoms with E-state index in [9.17, 15) is 4.79 Å². The number of aryl methyl sites for hydroxylation is 1. The summed E-state index contributed by atoms with van der Waals surface area (Å²) in [5, 5.41) is 8.04. The van der Waals surface area contributed by atoms with Gasteiger partial charge >= 0.3 is 0 Å². The van der Waals surface area contributed by atoms with Crippen LogP contribution in [0.2, 0.25) is 5.02 Å². The molecule has 1 fully saturated rings. The molecule has 1 amide bonds. The van der Waals surface area contributed by atoms with Crippen LogP contribution in [0.5, 0.6) is 5.75 Å². The maximum Gasteiger partial charge on any atom is 0.271 e. The first-order valence-electron chi connectivity index (χ1n) is 8.35. The summed E-state index contributed by atoms with van der Waals surface area (Å²) in [6.45, 7) is 2.19. The minimum atomic E-state index is -0.108. The van der Waals surface area contributed by atoms with E-state index in [-0.39, 0.29) is 18.7 Å². The number of halogens is 1. The number of carbonyl (C=O) groups is 1. The van der Waals surface area contributed by atoms with E-state index < -0.39 is 0 Å². The quantitative estimate of drug-likeness (QED) is 0.891. The first-order chi connectivity index (χ1) is 11.6. The SMILES string of the molecule is Cc1cc(Cl)ccc1OCn1ccc(C(=O)NC2CCCCC2)n1. The standard InChI is InChI=1S/C18H22ClN3O2/c1-13-11-14(19)7-8-17(13)24-12-22-10-9-16(21-22)18(23)20-15-5-3-2-4-6-15/h7-11,15H,2-6,12H2,1H3,(H,20,23). The number of aromatic nitrogens is 2. The second-order valence-electron chi connectivity index (χ2n) is 6.23. The van der Waals surface area contributed by atoms with Gasteiger partial charge in [0, 0.05) is 17.3 Å². The van der Waals surface area contributed by atoms with Crippen LogP contribution in [0.1, 0.15) is 48.2 Å². The smallest absolute Gasteiger partial charge is 0.271 e. The number of rotatable bonds is 5. The molecule has 0 bridgehead atoms. The summed E-state index contributed by atoms with van der Waals surface area (Å²) in [7, 11) is 0. The molecule has 0 radical (unpaired) electrons. The van der Waals surface area contributed by atoms with E-state index in [1.807, 2.05) is 19.1 Å². The van der Waals surface area contributed by atoms with E-state index in [1.165, 1.54) is 19.3 Å². The van der Waals surface area contributed by atoms with Gasteiger partial charge in [0.1, 0.15) is 11.4 Å². The largest absolute Gasteiger partial charge is 0.471 e. The summed E-state index contributed by atoms with van der Waals surface area (Å²) in [4.78, 5) is 12.2. The number of hydrogen-bond acceptors (Lipinski definition) is 3. The van der Waals surface area contributed by atoms with Crippen molar-refractivity contribution in [3.63, 3.8) is 0 Å². The van der Waals surface area contributed by atoms with Crippen molar-refractivity contribution >= 4 is 17.5 Å². The average molecular weight is 348 g/mol. The average Bonchev–Trinajstić information content (AvgIpc) is 3.04. The molecule has 0 spiro atoms. The highest BCUT2D eigenvalue weighted by Crippen LogP contribution is 2.22. The van der Waals surface area contributed by atoms with Gasteiger partial charge in [0.05, 0.1) is 0 Å². The third-order valence-corrected chi connectivity index (χ3v) is 4.54. The topological polar surface area (TPSA) is 56.1 Å². The van der Waals surface area contributed by atoms with Gasteiger partial charge in [-0.25, -0.2) is 4.68 Å². The Morgan fingerprint density at radius 2 is 2.12 bits per heavy atom. The lowest BCUT2D eigenvalue weighted by Gasteiger charge is -2.22. The van der Waals surface area contributed by atoms with Gasteiger partial charge in [-0.15, -0.1) is 0 Å². The molecule has 5 nitrogen and oxygen atoms in total. The molecule has 0 atom stereocenters. The number of hydrogen-bond donors (Lipinski definition) is 1. The Bertz CT molecular complexity index is 708. The molecule has 1 aliphatic carbocycles. The van der Waals surface area contributed by atoms with Gasteiger partial charge in [0.25, 0.3) is 5.91 Å². The highest BCUT2D eigenvalue weighted by Gasteiger charge is 2.18. The van der Waals surface area contributed by atoms with Gasteiger partial charge in [0.15, 0.2) is 6.73 Å². The van der Waals surface area contributed by atoms with Gasteiger partial charge in [-0.05, 0) is 49.6 Å². The zero-order valence-electron chi connectivity index (χ0n) is 13.8. The highest BCUT2D eigenvalue weighted by atomic mass is 35.5. The fourth-order valence-corrected chi connectivity index (χ4v) is 3.20. The Morgan fingerprint density at radius 3 is 2.88 bits per heavy atom. The summed E-state index contributed by atoms with van der Waals surface area (Å²) in [5.41, 5.74) is 1.39. The van der Waals surface area contributed by atoms with E-state index in [0.29, 0.717) is 10.7 Å². The highest BCUT2D eigenvalue weighted by molar-refractivity contribution is 6.30.